The molecule has 2 N–H and O–H groups in total. The summed E-state index contributed by atoms with van der Waals surface area (Å²) in [7, 11) is 0. The van der Waals surface area contributed by atoms with Gasteiger partial charge in [-0.05, 0) is 46.8 Å². The van der Waals surface area contributed by atoms with Gasteiger partial charge >= 0.3 is 6.18 Å². The third kappa shape index (κ3) is 4.53. The van der Waals surface area contributed by atoms with Crippen LogP contribution in [0.15, 0.2) is 55.4 Å². The SMILES string of the molecule is O=C(CNc1cc(-n2cnnn2)ccc1F)Nc1cc(C(F)(F)F)ccc1-n1cncn1. The smallest absolute Gasteiger partial charge is 0.374 e. The average Bonchev–Trinajstić information content (AvgIpc) is 3.47. The van der Waals surface area contributed by atoms with Crippen LogP contribution in [0.3, 0.4) is 0 Å². The van der Waals surface area contributed by atoms with Gasteiger partial charge in [0.2, 0.25) is 5.91 Å². The van der Waals surface area contributed by atoms with Gasteiger partial charge in [0.15, 0.2) is 0 Å². The maximum absolute atomic E-state index is 14.1. The largest absolute Gasteiger partial charge is 0.416 e. The van der Waals surface area contributed by atoms with Crippen LogP contribution in [0.4, 0.5) is 28.9 Å². The number of carbonyl (C=O) groups excluding carboxylic acids is 1. The van der Waals surface area contributed by atoms with Gasteiger partial charge in [0.1, 0.15) is 24.8 Å². The van der Waals surface area contributed by atoms with Crippen LogP contribution in [-0.2, 0) is 11.0 Å². The van der Waals surface area contributed by atoms with Crippen LogP contribution in [0.2, 0.25) is 0 Å². The van der Waals surface area contributed by atoms with E-state index in [1.807, 2.05) is 0 Å². The number of aromatic nitrogens is 7. The van der Waals surface area contributed by atoms with Crippen molar-refractivity contribution in [1.82, 2.24) is 35.0 Å². The lowest BCUT2D eigenvalue weighted by atomic mass is 10.1. The molecule has 0 radical (unpaired) electrons. The van der Waals surface area contributed by atoms with Crippen LogP contribution >= 0.6 is 0 Å². The van der Waals surface area contributed by atoms with Crippen molar-refractivity contribution in [2.75, 3.05) is 17.2 Å². The third-order valence-electron chi connectivity index (χ3n) is 4.27. The van der Waals surface area contributed by atoms with Gasteiger partial charge in [0, 0.05) is 0 Å². The molecule has 0 saturated heterocycles. The van der Waals surface area contributed by atoms with Gasteiger partial charge in [-0.2, -0.15) is 18.3 Å². The Kier molecular flexibility index (Phi) is 5.49. The highest BCUT2D eigenvalue weighted by molar-refractivity contribution is 5.95. The van der Waals surface area contributed by atoms with E-state index < -0.39 is 30.0 Å². The molecule has 0 unspecified atom stereocenters. The summed E-state index contributed by atoms with van der Waals surface area (Å²) >= 11 is 0. The third-order valence-corrected chi connectivity index (χ3v) is 4.27. The number of benzene rings is 2. The number of tetrazole rings is 1. The number of hydrogen-bond acceptors (Lipinski definition) is 7. The Morgan fingerprint density at radius 3 is 2.56 bits per heavy atom. The molecule has 2 aromatic heterocycles. The average molecular weight is 447 g/mol. The first kappa shape index (κ1) is 20.9. The van der Waals surface area contributed by atoms with Crippen LogP contribution in [-0.4, -0.2) is 47.4 Å². The molecule has 164 valence electrons. The van der Waals surface area contributed by atoms with Crippen LogP contribution in [0, 0.1) is 5.82 Å². The van der Waals surface area contributed by atoms with E-state index in [9.17, 15) is 22.4 Å². The van der Waals surface area contributed by atoms with Gasteiger partial charge in [-0.25, -0.2) is 18.7 Å². The molecule has 0 atom stereocenters. The first-order valence-corrected chi connectivity index (χ1v) is 8.94. The predicted molar refractivity (Wildman–Crippen MR) is 103 cm³/mol. The molecule has 4 rings (SSSR count). The fraction of sp³-hybridized carbons (Fsp3) is 0.111. The normalized spacial score (nSPS) is 11.4. The van der Waals surface area contributed by atoms with Gasteiger partial charge in [-0.1, -0.05) is 0 Å². The molecule has 0 fully saturated rings. The molecule has 2 heterocycles. The number of hydrogen-bond donors (Lipinski definition) is 2. The maximum atomic E-state index is 14.1. The van der Waals surface area contributed by atoms with Crippen LogP contribution in [0.25, 0.3) is 11.4 Å². The molecule has 0 aliphatic rings. The first-order chi connectivity index (χ1) is 15.3. The van der Waals surface area contributed by atoms with Crippen LogP contribution < -0.4 is 10.6 Å². The van der Waals surface area contributed by atoms with Crippen molar-refractivity contribution in [1.29, 1.82) is 0 Å². The van der Waals surface area contributed by atoms with Crippen molar-refractivity contribution in [3.05, 3.63) is 66.8 Å². The van der Waals surface area contributed by atoms with E-state index in [2.05, 4.69) is 36.2 Å². The van der Waals surface area contributed by atoms with Crippen LogP contribution in [0.1, 0.15) is 5.56 Å². The quantitative estimate of drug-likeness (QED) is 0.436. The molecular formula is C18H13F4N9O. The number of anilines is 2. The zero-order valence-electron chi connectivity index (χ0n) is 16.0. The molecule has 0 saturated carbocycles. The molecule has 2 aromatic carbocycles. The van der Waals surface area contributed by atoms with Crippen molar-refractivity contribution >= 4 is 17.3 Å². The molecule has 0 spiro atoms. The molecule has 0 aliphatic carbocycles. The lowest BCUT2D eigenvalue weighted by Crippen LogP contribution is -2.23. The zero-order valence-corrected chi connectivity index (χ0v) is 16.0. The molecule has 10 nitrogen and oxygen atoms in total. The lowest BCUT2D eigenvalue weighted by molar-refractivity contribution is -0.137. The second-order valence-corrected chi connectivity index (χ2v) is 6.39. The second-order valence-electron chi connectivity index (χ2n) is 6.39. The summed E-state index contributed by atoms with van der Waals surface area (Å²) in [6.07, 6.45) is -0.830. The van der Waals surface area contributed by atoms with Crippen molar-refractivity contribution < 1.29 is 22.4 Å². The summed E-state index contributed by atoms with van der Waals surface area (Å²) < 4.78 is 56.0. The van der Waals surface area contributed by atoms with Gasteiger partial charge in [-0.15, -0.1) is 5.10 Å². The van der Waals surface area contributed by atoms with E-state index >= 15 is 0 Å². The Bertz CT molecular complexity index is 1220. The van der Waals surface area contributed by atoms with Crippen molar-refractivity contribution in [2.24, 2.45) is 0 Å². The first-order valence-electron chi connectivity index (χ1n) is 8.94. The highest BCUT2D eigenvalue weighted by Gasteiger charge is 2.31. The van der Waals surface area contributed by atoms with E-state index in [0.29, 0.717) is 5.69 Å². The Morgan fingerprint density at radius 2 is 1.88 bits per heavy atom. The second kappa shape index (κ2) is 8.41. The minimum atomic E-state index is -4.61. The van der Waals surface area contributed by atoms with Crippen molar-refractivity contribution in [2.45, 2.75) is 6.18 Å². The summed E-state index contributed by atoms with van der Waals surface area (Å²) in [6.45, 7) is -0.428. The number of carbonyl (C=O) groups is 1. The topological polar surface area (TPSA) is 115 Å². The number of nitrogens with one attached hydrogen (secondary N) is 2. The molecule has 32 heavy (non-hydrogen) atoms. The molecule has 4 aromatic rings. The van der Waals surface area contributed by atoms with Gasteiger partial charge in [0.25, 0.3) is 0 Å². The molecule has 14 heteroatoms. The van der Waals surface area contributed by atoms with Gasteiger partial charge < -0.3 is 10.6 Å². The minimum Gasteiger partial charge on any atom is -0.374 e. The summed E-state index contributed by atoms with van der Waals surface area (Å²) in [5.41, 5.74) is -0.500. The van der Waals surface area contributed by atoms with E-state index in [0.717, 1.165) is 24.3 Å². The van der Waals surface area contributed by atoms with Crippen LogP contribution in [0.5, 0.6) is 0 Å². The van der Waals surface area contributed by atoms with E-state index in [-0.39, 0.29) is 17.1 Å². The van der Waals surface area contributed by atoms with E-state index in [1.54, 1.807) is 0 Å². The van der Waals surface area contributed by atoms with Gasteiger partial charge in [-0.3, -0.25) is 4.79 Å². The summed E-state index contributed by atoms with van der Waals surface area (Å²) in [6, 6.07) is 6.79. The Labute approximate surface area is 176 Å². The number of amides is 1. The highest BCUT2D eigenvalue weighted by Crippen LogP contribution is 2.33. The number of alkyl halides is 3. The lowest BCUT2D eigenvalue weighted by Gasteiger charge is -2.15. The fourth-order valence-electron chi connectivity index (χ4n) is 2.79. The fourth-order valence-corrected chi connectivity index (χ4v) is 2.79. The Hall–Kier alpha value is -4.36. The van der Waals surface area contributed by atoms with Crippen molar-refractivity contribution in [3.8, 4) is 11.4 Å². The Morgan fingerprint density at radius 1 is 1.03 bits per heavy atom. The van der Waals surface area contributed by atoms with E-state index in [1.165, 1.54) is 40.5 Å². The number of nitrogens with zero attached hydrogens (tertiary/aromatic N) is 7. The molecular weight excluding hydrogens is 434 g/mol. The van der Waals surface area contributed by atoms with Gasteiger partial charge in [0.05, 0.1) is 34.9 Å². The minimum absolute atomic E-state index is 0.0197. The summed E-state index contributed by atoms with van der Waals surface area (Å²) in [4.78, 5) is 16.2. The highest BCUT2D eigenvalue weighted by atomic mass is 19.4. The molecule has 0 aliphatic heterocycles. The standard InChI is InChI=1S/C18H13F4N9O/c19-13-3-2-12(30-10-25-28-29-30)6-14(13)24-7-17(32)27-15-5-11(18(20,21)22)1-4-16(15)31-9-23-8-26-31/h1-6,8-10,24H,7H2,(H,27,32). The molecule has 0 bridgehead atoms. The summed E-state index contributed by atoms with van der Waals surface area (Å²) in [5.74, 6) is -1.35. The predicted octanol–water partition coefficient (Wildman–Crippen LogP) is 2.45. The van der Waals surface area contributed by atoms with E-state index in [4.69, 9.17) is 0 Å². The number of halogens is 4. The monoisotopic (exact) mass is 447 g/mol. The number of rotatable bonds is 6. The Balaban J connectivity index is 1.53. The zero-order chi connectivity index (χ0) is 22.7. The molecule has 1 amide bonds. The summed E-state index contributed by atoms with van der Waals surface area (Å²) in [5, 5.41) is 19.5. The maximum Gasteiger partial charge on any atom is 0.416 e. The van der Waals surface area contributed by atoms with Crippen molar-refractivity contribution in [3.63, 3.8) is 0 Å².